The molecule has 0 radical (unpaired) electrons. The standard InChI is InChI=1S/C21H36N7O8P/c1-3-12(8-15(29)24-6-5-22)7-13(4-2)35-18-14(9-34-37(31,32)33)36-21(17(18)30)28-11-27-16-19(23)25-10-26-20(16)28/h10-14,17-18,21,30H,3-9,22H2,1-2H3,(H,24,29)(H2,23,25,26)(H2,31,32,33). The van der Waals surface area contributed by atoms with Crippen LogP contribution in [0.5, 0.6) is 0 Å². The molecular weight excluding hydrogens is 509 g/mol. The molecule has 37 heavy (non-hydrogen) atoms. The minimum atomic E-state index is -4.81. The van der Waals surface area contributed by atoms with Crippen LogP contribution in [0.15, 0.2) is 12.7 Å². The molecule has 0 bridgehead atoms. The molecule has 1 amide bonds. The van der Waals surface area contributed by atoms with Gasteiger partial charge in [-0.2, -0.15) is 0 Å². The molecule has 8 N–H and O–H groups in total. The summed E-state index contributed by atoms with van der Waals surface area (Å²) in [6.07, 6.45) is 0.0669. The van der Waals surface area contributed by atoms with Crippen LogP contribution >= 0.6 is 7.82 Å². The summed E-state index contributed by atoms with van der Waals surface area (Å²) >= 11 is 0. The molecule has 6 atom stereocenters. The van der Waals surface area contributed by atoms with Gasteiger partial charge in [0.2, 0.25) is 5.91 Å². The normalized spacial score (nSPS) is 23.8. The Kier molecular flexibility index (Phi) is 10.3. The number of nitrogens with two attached hydrogens (primary N) is 2. The van der Waals surface area contributed by atoms with Crippen LogP contribution in [-0.2, 0) is 23.4 Å². The number of ether oxygens (including phenoxy) is 2. The Bertz CT molecular complexity index is 1080. The number of aliphatic hydroxyl groups excluding tert-OH is 1. The lowest BCUT2D eigenvalue weighted by atomic mass is 9.93. The summed E-state index contributed by atoms with van der Waals surface area (Å²) in [5, 5.41) is 14.0. The van der Waals surface area contributed by atoms with Crippen molar-refractivity contribution in [1.29, 1.82) is 0 Å². The maximum atomic E-state index is 12.2. The first-order valence-corrected chi connectivity index (χ1v) is 13.7. The molecule has 0 aromatic carbocycles. The second-order valence-corrected chi connectivity index (χ2v) is 10.1. The number of hydrogen-bond donors (Lipinski definition) is 6. The van der Waals surface area contributed by atoms with Crippen molar-refractivity contribution in [3.63, 3.8) is 0 Å². The molecule has 15 nitrogen and oxygen atoms in total. The first-order valence-electron chi connectivity index (χ1n) is 12.2. The van der Waals surface area contributed by atoms with Crippen molar-refractivity contribution in [1.82, 2.24) is 24.8 Å². The minimum Gasteiger partial charge on any atom is -0.386 e. The number of carbonyl (C=O) groups is 1. The second-order valence-electron chi connectivity index (χ2n) is 8.91. The van der Waals surface area contributed by atoms with E-state index in [4.69, 9.17) is 20.9 Å². The number of anilines is 1. The molecule has 0 aliphatic carbocycles. The van der Waals surface area contributed by atoms with Crippen LogP contribution in [0.25, 0.3) is 11.2 Å². The molecule has 0 spiro atoms. The Morgan fingerprint density at radius 1 is 1.30 bits per heavy atom. The Hall–Kier alpha value is -2.23. The van der Waals surface area contributed by atoms with E-state index in [9.17, 15) is 24.3 Å². The van der Waals surface area contributed by atoms with Crippen LogP contribution in [0.4, 0.5) is 5.82 Å². The summed E-state index contributed by atoms with van der Waals surface area (Å²) < 4.78 is 29.7. The van der Waals surface area contributed by atoms with Crippen LogP contribution in [0.3, 0.4) is 0 Å². The zero-order chi connectivity index (χ0) is 27.2. The van der Waals surface area contributed by atoms with E-state index in [0.717, 1.165) is 6.42 Å². The van der Waals surface area contributed by atoms with Crippen molar-refractivity contribution < 1.29 is 38.3 Å². The third-order valence-electron chi connectivity index (χ3n) is 6.30. The Morgan fingerprint density at radius 2 is 2.05 bits per heavy atom. The van der Waals surface area contributed by atoms with Crippen molar-refractivity contribution in [2.24, 2.45) is 11.7 Å². The van der Waals surface area contributed by atoms with Crippen molar-refractivity contribution in [3.8, 4) is 0 Å². The van der Waals surface area contributed by atoms with E-state index >= 15 is 0 Å². The Balaban J connectivity index is 1.79. The molecule has 3 rings (SSSR count). The zero-order valence-electron chi connectivity index (χ0n) is 20.8. The number of amides is 1. The van der Waals surface area contributed by atoms with E-state index < -0.39 is 39.0 Å². The predicted octanol–water partition coefficient (Wildman–Crippen LogP) is -0.179. The monoisotopic (exact) mass is 545 g/mol. The number of aromatic nitrogens is 4. The highest BCUT2D eigenvalue weighted by atomic mass is 31.2. The topological polar surface area (TPSA) is 230 Å². The lowest BCUT2D eigenvalue weighted by Crippen LogP contribution is -2.40. The summed E-state index contributed by atoms with van der Waals surface area (Å²) in [5.74, 6) is 0.0650. The van der Waals surface area contributed by atoms with E-state index in [1.54, 1.807) is 0 Å². The molecular formula is C21H36N7O8P. The highest BCUT2D eigenvalue weighted by molar-refractivity contribution is 7.46. The average Bonchev–Trinajstić information content (AvgIpc) is 3.41. The average molecular weight is 546 g/mol. The fourth-order valence-electron chi connectivity index (χ4n) is 4.33. The fraction of sp³-hybridized carbons (Fsp3) is 0.714. The summed E-state index contributed by atoms with van der Waals surface area (Å²) in [6.45, 7) is 4.12. The number of nitrogens with zero attached hydrogens (tertiary/aromatic N) is 4. The Morgan fingerprint density at radius 3 is 2.70 bits per heavy atom. The first-order chi connectivity index (χ1) is 17.6. The van der Waals surface area contributed by atoms with Crippen LogP contribution in [0.2, 0.25) is 0 Å². The number of imidazole rings is 1. The molecule has 3 heterocycles. The van der Waals surface area contributed by atoms with Crippen molar-refractivity contribution >= 4 is 30.7 Å². The molecule has 0 saturated carbocycles. The number of phosphoric ester groups is 1. The predicted molar refractivity (Wildman–Crippen MR) is 132 cm³/mol. The minimum absolute atomic E-state index is 0.0139. The SMILES string of the molecule is CCC(CC(=O)NCCN)CC(CC)OC1C(COP(=O)(O)O)OC(n2cnc3c(N)ncnc32)C1O. The maximum Gasteiger partial charge on any atom is 0.469 e. The third-order valence-corrected chi connectivity index (χ3v) is 6.78. The number of rotatable bonds is 14. The van der Waals surface area contributed by atoms with Gasteiger partial charge in [-0.25, -0.2) is 19.5 Å². The molecule has 2 aromatic rings. The molecule has 1 aliphatic heterocycles. The molecule has 16 heteroatoms. The van der Waals surface area contributed by atoms with Crippen molar-refractivity contribution in [2.75, 3.05) is 25.4 Å². The van der Waals surface area contributed by atoms with Gasteiger partial charge in [0.25, 0.3) is 0 Å². The number of nitrogens with one attached hydrogen (secondary N) is 1. The van der Waals surface area contributed by atoms with Crippen LogP contribution in [0, 0.1) is 5.92 Å². The lowest BCUT2D eigenvalue weighted by Gasteiger charge is -2.28. The lowest BCUT2D eigenvalue weighted by molar-refractivity contribution is -0.123. The van der Waals surface area contributed by atoms with Gasteiger partial charge in [0.15, 0.2) is 17.7 Å². The summed E-state index contributed by atoms with van der Waals surface area (Å²) in [6, 6.07) is 0. The molecule has 2 aromatic heterocycles. The summed E-state index contributed by atoms with van der Waals surface area (Å²) in [5.41, 5.74) is 11.9. The third kappa shape index (κ3) is 7.65. The van der Waals surface area contributed by atoms with Gasteiger partial charge in [-0.05, 0) is 18.8 Å². The zero-order valence-corrected chi connectivity index (χ0v) is 21.7. The maximum absolute atomic E-state index is 12.2. The van der Waals surface area contributed by atoms with Gasteiger partial charge < -0.3 is 41.2 Å². The van der Waals surface area contributed by atoms with E-state index in [1.807, 2.05) is 13.8 Å². The molecule has 1 aliphatic rings. The fourth-order valence-corrected chi connectivity index (χ4v) is 4.67. The second kappa shape index (κ2) is 13.0. The highest BCUT2D eigenvalue weighted by Crippen LogP contribution is 2.40. The molecule has 1 fully saturated rings. The van der Waals surface area contributed by atoms with Crippen LogP contribution in [0.1, 0.15) is 45.8 Å². The number of phosphoric acid groups is 1. The van der Waals surface area contributed by atoms with Crippen LogP contribution < -0.4 is 16.8 Å². The number of carbonyl (C=O) groups excluding carboxylic acids is 1. The van der Waals surface area contributed by atoms with Crippen LogP contribution in [-0.4, -0.2) is 84.4 Å². The smallest absolute Gasteiger partial charge is 0.386 e. The van der Waals surface area contributed by atoms with Crippen molar-refractivity contribution in [2.45, 2.75) is 70.2 Å². The Labute approximate surface area is 214 Å². The van der Waals surface area contributed by atoms with Gasteiger partial charge in [-0.1, -0.05) is 20.3 Å². The summed E-state index contributed by atoms with van der Waals surface area (Å²) in [7, 11) is -4.81. The number of nitrogen functional groups attached to an aromatic ring is 1. The number of aliphatic hydroxyl groups is 1. The van der Waals surface area contributed by atoms with Gasteiger partial charge in [0.05, 0.1) is 19.0 Å². The molecule has 1 saturated heterocycles. The van der Waals surface area contributed by atoms with Crippen molar-refractivity contribution in [3.05, 3.63) is 12.7 Å². The number of fused-ring (bicyclic) bond motifs is 1. The first kappa shape index (κ1) is 29.3. The number of hydrogen-bond acceptors (Lipinski definition) is 11. The van der Waals surface area contributed by atoms with Gasteiger partial charge in [0.1, 0.15) is 30.2 Å². The quantitative estimate of drug-likeness (QED) is 0.169. The van der Waals surface area contributed by atoms with E-state index in [2.05, 4.69) is 24.8 Å². The highest BCUT2D eigenvalue weighted by Gasteiger charge is 2.47. The van der Waals surface area contributed by atoms with E-state index in [0.29, 0.717) is 43.5 Å². The largest absolute Gasteiger partial charge is 0.469 e. The van der Waals surface area contributed by atoms with E-state index in [-0.39, 0.29) is 23.7 Å². The summed E-state index contributed by atoms with van der Waals surface area (Å²) in [4.78, 5) is 42.9. The van der Waals surface area contributed by atoms with Gasteiger partial charge in [-0.3, -0.25) is 13.9 Å². The molecule has 6 unspecified atom stereocenters. The van der Waals surface area contributed by atoms with Gasteiger partial charge in [0, 0.05) is 19.5 Å². The van der Waals surface area contributed by atoms with Gasteiger partial charge in [-0.15, -0.1) is 0 Å². The van der Waals surface area contributed by atoms with E-state index in [1.165, 1.54) is 17.2 Å². The van der Waals surface area contributed by atoms with Gasteiger partial charge >= 0.3 is 7.82 Å². The molecule has 208 valence electrons.